The molecule has 21 heavy (non-hydrogen) atoms. The van der Waals surface area contributed by atoms with Gasteiger partial charge in [0.05, 0.1) is 17.3 Å². The Morgan fingerprint density at radius 3 is 2.86 bits per heavy atom. The Hall–Kier alpha value is -0.500. The molecule has 7 heteroatoms. The van der Waals surface area contributed by atoms with E-state index < -0.39 is 10.0 Å². The van der Waals surface area contributed by atoms with Crippen LogP contribution >= 0.6 is 11.3 Å². The average Bonchev–Trinajstić information content (AvgIpc) is 2.86. The predicted molar refractivity (Wildman–Crippen MR) is 84.1 cm³/mol. The largest absolute Gasteiger partial charge is 0.379 e. The quantitative estimate of drug-likeness (QED) is 0.804. The van der Waals surface area contributed by atoms with E-state index in [1.165, 1.54) is 17.5 Å². The second kappa shape index (κ2) is 7.17. The van der Waals surface area contributed by atoms with Crippen molar-refractivity contribution in [2.45, 2.75) is 62.8 Å². The molecule has 1 aromatic rings. The number of thiazole rings is 1. The number of ether oxygens (including phenoxy) is 1. The second-order valence-corrected chi connectivity index (χ2v) is 9.02. The fourth-order valence-electron chi connectivity index (χ4n) is 2.60. The van der Waals surface area contributed by atoms with Crippen molar-refractivity contribution in [2.24, 2.45) is 0 Å². The fraction of sp³-hybridized carbons (Fsp3) is 0.786. The summed E-state index contributed by atoms with van der Waals surface area (Å²) < 4.78 is 33.1. The standard InChI is InChI=1S/C14H24N2O3S2/c1-11(2)19-9-7-13-6-4-5-8-16(13)21(17,18)14-10-15-12(3)20-14/h10-11,13H,4-9H2,1-3H3. The van der Waals surface area contributed by atoms with Crippen LogP contribution in [0.15, 0.2) is 10.4 Å². The molecule has 0 aliphatic carbocycles. The van der Waals surface area contributed by atoms with E-state index in [0.29, 0.717) is 17.4 Å². The number of nitrogens with zero attached hydrogens (tertiary/aromatic N) is 2. The minimum absolute atomic E-state index is 0.0462. The van der Waals surface area contributed by atoms with Gasteiger partial charge < -0.3 is 4.74 Å². The van der Waals surface area contributed by atoms with Gasteiger partial charge in [0.15, 0.2) is 4.21 Å². The normalized spacial score (nSPS) is 21.0. The highest BCUT2D eigenvalue weighted by molar-refractivity contribution is 7.91. The monoisotopic (exact) mass is 332 g/mol. The van der Waals surface area contributed by atoms with Crippen molar-refractivity contribution in [1.82, 2.24) is 9.29 Å². The third-order valence-electron chi connectivity index (χ3n) is 3.64. The summed E-state index contributed by atoms with van der Waals surface area (Å²) in [7, 11) is -3.41. The van der Waals surface area contributed by atoms with E-state index in [4.69, 9.17) is 4.74 Å². The number of hydrogen-bond donors (Lipinski definition) is 0. The minimum Gasteiger partial charge on any atom is -0.379 e. The van der Waals surface area contributed by atoms with Crippen molar-refractivity contribution < 1.29 is 13.2 Å². The van der Waals surface area contributed by atoms with Gasteiger partial charge >= 0.3 is 0 Å². The van der Waals surface area contributed by atoms with Crippen LogP contribution < -0.4 is 0 Å². The molecule has 1 atom stereocenters. The van der Waals surface area contributed by atoms with Gasteiger partial charge in [-0.25, -0.2) is 13.4 Å². The summed E-state index contributed by atoms with van der Waals surface area (Å²) in [5, 5.41) is 0.783. The van der Waals surface area contributed by atoms with Crippen LogP contribution in [0.3, 0.4) is 0 Å². The Morgan fingerprint density at radius 1 is 1.48 bits per heavy atom. The van der Waals surface area contributed by atoms with E-state index in [9.17, 15) is 8.42 Å². The summed E-state index contributed by atoms with van der Waals surface area (Å²) in [6.07, 6.45) is 5.35. The van der Waals surface area contributed by atoms with Gasteiger partial charge in [0.25, 0.3) is 10.0 Å². The molecule has 1 aromatic heterocycles. The van der Waals surface area contributed by atoms with E-state index in [1.807, 2.05) is 20.8 Å². The van der Waals surface area contributed by atoms with Crippen LogP contribution in [0.2, 0.25) is 0 Å². The van der Waals surface area contributed by atoms with E-state index in [1.54, 1.807) is 4.31 Å². The van der Waals surface area contributed by atoms with Gasteiger partial charge in [-0.15, -0.1) is 11.3 Å². The summed E-state index contributed by atoms with van der Waals surface area (Å²) >= 11 is 1.25. The van der Waals surface area contributed by atoms with Crippen LogP contribution in [0.5, 0.6) is 0 Å². The number of aromatic nitrogens is 1. The van der Waals surface area contributed by atoms with Gasteiger partial charge in [-0.05, 0) is 40.0 Å². The van der Waals surface area contributed by atoms with Crippen LogP contribution in [-0.4, -0.2) is 43.0 Å². The molecule has 120 valence electrons. The number of piperidine rings is 1. The highest BCUT2D eigenvalue weighted by Crippen LogP contribution is 2.29. The summed E-state index contributed by atoms with van der Waals surface area (Å²) in [4.78, 5) is 4.08. The van der Waals surface area contributed by atoms with Gasteiger partial charge in [-0.1, -0.05) is 6.42 Å². The van der Waals surface area contributed by atoms with Crippen molar-refractivity contribution in [1.29, 1.82) is 0 Å². The topological polar surface area (TPSA) is 59.5 Å². The molecule has 2 rings (SSSR count). The maximum Gasteiger partial charge on any atom is 0.254 e. The first-order chi connectivity index (χ1) is 9.91. The Bertz CT molecular complexity index is 554. The van der Waals surface area contributed by atoms with Crippen molar-refractivity contribution in [3.8, 4) is 0 Å². The minimum atomic E-state index is -3.41. The molecular formula is C14H24N2O3S2. The molecule has 0 N–H and O–H groups in total. The molecule has 1 saturated heterocycles. The van der Waals surface area contributed by atoms with Gasteiger partial charge in [0.1, 0.15) is 0 Å². The SMILES string of the molecule is Cc1ncc(S(=O)(=O)N2CCCCC2CCOC(C)C)s1. The summed E-state index contributed by atoms with van der Waals surface area (Å²) in [6, 6.07) is 0.0462. The Labute approximate surface area is 131 Å². The van der Waals surface area contributed by atoms with Crippen molar-refractivity contribution in [3.05, 3.63) is 11.2 Å². The van der Waals surface area contributed by atoms with Crippen LogP contribution in [0.1, 0.15) is 44.5 Å². The lowest BCUT2D eigenvalue weighted by Crippen LogP contribution is -2.44. The van der Waals surface area contributed by atoms with E-state index >= 15 is 0 Å². The smallest absolute Gasteiger partial charge is 0.254 e. The fourth-order valence-corrected chi connectivity index (χ4v) is 5.56. The van der Waals surface area contributed by atoms with E-state index in [2.05, 4.69) is 4.98 Å². The highest BCUT2D eigenvalue weighted by atomic mass is 32.2. The second-order valence-electron chi connectivity index (χ2n) is 5.67. The lowest BCUT2D eigenvalue weighted by Gasteiger charge is -2.34. The molecule has 0 spiro atoms. The molecule has 0 bridgehead atoms. The lowest BCUT2D eigenvalue weighted by atomic mass is 10.0. The zero-order valence-corrected chi connectivity index (χ0v) is 14.5. The lowest BCUT2D eigenvalue weighted by molar-refractivity contribution is 0.0620. The van der Waals surface area contributed by atoms with Gasteiger partial charge in [0.2, 0.25) is 0 Å². The number of rotatable bonds is 6. The first-order valence-corrected chi connectivity index (χ1v) is 9.73. The van der Waals surface area contributed by atoms with Gasteiger partial charge in [0, 0.05) is 19.2 Å². The third-order valence-corrected chi connectivity index (χ3v) is 6.94. The van der Waals surface area contributed by atoms with Crippen LogP contribution in [0, 0.1) is 6.92 Å². The zero-order chi connectivity index (χ0) is 15.5. The maximum atomic E-state index is 12.8. The molecule has 5 nitrogen and oxygen atoms in total. The first-order valence-electron chi connectivity index (χ1n) is 7.47. The predicted octanol–water partition coefficient (Wildman–Crippen LogP) is 2.81. The summed E-state index contributed by atoms with van der Waals surface area (Å²) in [5.74, 6) is 0. The number of aryl methyl sites for hydroxylation is 1. The highest BCUT2D eigenvalue weighted by Gasteiger charge is 2.34. The Morgan fingerprint density at radius 2 is 2.24 bits per heavy atom. The van der Waals surface area contributed by atoms with E-state index in [0.717, 1.165) is 30.7 Å². The molecule has 0 radical (unpaired) electrons. The maximum absolute atomic E-state index is 12.8. The molecule has 1 unspecified atom stereocenters. The molecule has 2 heterocycles. The molecule has 0 aromatic carbocycles. The van der Waals surface area contributed by atoms with E-state index in [-0.39, 0.29) is 12.1 Å². The van der Waals surface area contributed by atoms with Crippen molar-refractivity contribution in [3.63, 3.8) is 0 Å². The Kier molecular flexibility index (Phi) is 5.76. The van der Waals surface area contributed by atoms with Crippen LogP contribution in [-0.2, 0) is 14.8 Å². The molecule has 1 aliphatic rings. The molecule has 0 amide bonds. The van der Waals surface area contributed by atoms with Gasteiger partial charge in [-0.3, -0.25) is 0 Å². The molecule has 0 saturated carbocycles. The summed E-state index contributed by atoms with van der Waals surface area (Å²) in [5.41, 5.74) is 0. The first kappa shape index (κ1) is 16.9. The number of sulfonamides is 1. The van der Waals surface area contributed by atoms with Gasteiger partial charge in [-0.2, -0.15) is 4.31 Å². The summed E-state index contributed by atoms with van der Waals surface area (Å²) in [6.45, 7) is 7.03. The van der Waals surface area contributed by atoms with Crippen LogP contribution in [0.4, 0.5) is 0 Å². The zero-order valence-electron chi connectivity index (χ0n) is 12.9. The molecular weight excluding hydrogens is 308 g/mol. The average molecular weight is 332 g/mol. The van der Waals surface area contributed by atoms with Crippen molar-refractivity contribution >= 4 is 21.4 Å². The molecule has 1 fully saturated rings. The van der Waals surface area contributed by atoms with Crippen LogP contribution in [0.25, 0.3) is 0 Å². The Balaban J connectivity index is 2.10. The van der Waals surface area contributed by atoms with Crippen molar-refractivity contribution in [2.75, 3.05) is 13.2 Å². The molecule has 1 aliphatic heterocycles. The number of hydrogen-bond acceptors (Lipinski definition) is 5. The third kappa shape index (κ3) is 4.25.